The van der Waals surface area contributed by atoms with Crippen LogP contribution in [0.3, 0.4) is 0 Å². The van der Waals surface area contributed by atoms with E-state index in [0.29, 0.717) is 0 Å². The lowest BCUT2D eigenvalue weighted by molar-refractivity contribution is 0.522. The van der Waals surface area contributed by atoms with Crippen molar-refractivity contribution in [3.8, 4) is 0 Å². The number of allylic oxidation sites excluding steroid dienone is 4. The smallest absolute Gasteiger partial charge is 0.0772 e. The predicted octanol–water partition coefficient (Wildman–Crippen LogP) is 3.20. The lowest BCUT2D eigenvalue weighted by Crippen LogP contribution is -2.21. The maximum atomic E-state index is 4.09. The number of hydrogen-bond donors (Lipinski definition) is 0. The maximum Gasteiger partial charge on any atom is 0.0772 e. The van der Waals surface area contributed by atoms with Gasteiger partial charge in [-0.1, -0.05) is 43.6 Å². The maximum absolute atomic E-state index is 4.09. The molecule has 0 amide bonds. The Labute approximate surface area is 88.8 Å². The predicted molar refractivity (Wildman–Crippen MR) is 67.0 cm³/mol. The summed E-state index contributed by atoms with van der Waals surface area (Å²) in [5.41, 5.74) is 2.53. The Morgan fingerprint density at radius 1 is 1.36 bits per heavy atom. The Morgan fingerprint density at radius 2 is 1.93 bits per heavy atom. The van der Waals surface area contributed by atoms with Crippen LogP contribution in [0.25, 0.3) is 0 Å². The molecule has 1 rings (SSSR count). The van der Waals surface area contributed by atoms with E-state index in [1.165, 1.54) is 5.57 Å². The van der Waals surface area contributed by atoms with Crippen molar-refractivity contribution in [1.82, 2.24) is 4.90 Å². The van der Waals surface area contributed by atoms with Crippen LogP contribution < -0.4 is 0 Å². The van der Waals surface area contributed by atoms with Crippen LogP contribution in [0.4, 0.5) is 0 Å². The summed E-state index contributed by atoms with van der Waals surface area (Å²) in [5, 5.41) is 1.57. The van der Waals surface area contributed by atoms with E-state index in [0.717, 1.165) is 12.1 Å². The molecule has 0 saturated heterocycles. The fraction of sp³-hybridized carbons (Fsp3) is 0.500. The molecule has 0 spiro atoms. The highest BCUT2D eigenvalue weighted by atomic mass is 28.3. The minimum atomic E-state index is -1.12. The Morgan fingerprint density at radius 3 is 2.29 bits per heavy atom. The summed E-state index contributed by atoms with van der Waals surface area (Å²) in [6.07, 6.45) is 5.78. The molecular weight excluding hydrogens is 186 g/mol. The Balaban J connectivity index is 2.79. The Kier molecular flexibility index (Phi) is 3.05. The van der Waals surface area contributed by atoms with Crippen molar-refractivity contribution < 1.29 is 0 Å². The van der Waals surface area contributed by atoms with Crippen molar-refractivity contribution in [3.05, 3.63) is 35.2 Å². The molecule has 0 bridgehead atoms. The van der Waals surface area contributed by atoms with Crippen molar-refractivity contribution >= 4 is 8.07 Å². The third-order valence-electron chi connectivity index (χ3n) is 2.65. The molecule has 0 aromatic carbocycles. The summed E-state index contributed by atoms with van der Waals surface area (Å²) in [6.45, 7) is 11.2. The van der Waals surface area contributed by atoms with Crippen LogP contribution in [0.2, 0.25) is 19.6 Å². The van der Waals surface area contributed by atoms with Crippen molar-refractivity contribution in [2.45, 2.75) is 26.1 Å². The zero-order chi connectivity index (χ0) is 10.9. The topological polar surface area (TPSA) is 3.24 Å². The number of likely N-dealkylation sites (N-methyl/N-ethyl adjacent to an activating group) is 1. The highest BCUT2D eigenvalue weighted by molar-refractivity contribution is 6.83. The average Bonchev–Trinajstić information content (AvgIpc) is 2.49. The minimum Gasteiger partial charge on any atom is -0.378 e. The molecule has 2 heteroatoms. The standard InChI is InChI=1S/C12H21NSi/c1-10(13(2)3)11-7-8-12(9-11)14(4,5)6/h8-9H,1,7H2,2-6H3. The monoisotopic (exact) mass is 207 g/mol. The molecule has 78 valence electrons. The van der Waals surface area contributed by atoms with Crippen LogP contribution in [0.5, 0.6) is 0 Å². The normalized spacial score (nSPS) is 16.4. The molecule has 0 N–H and O–H groups in total. The van der Waals surface area contributed by atoms with E-state index in [4.69, 9.17) is 0 Å². The molecule has 1 aliphatic rings. The van der Waals surface area contributed by atoms with Gasteiger partial charge in [-0.25, -0.2) is 0 Å². The van der Waals surface area contributed by atoms with Crippen LogP contribution >= 0.6 is 0 Å². The van der Waals surface area contributed by atoms with E-state index in [1.54, 1.807) is 5.20 Å². The summed E-state index contributed by atoms with van der Waals surface area (Å²) in [5.74, 6) is 0. The van der Waals surface area contributed by atoms with Crippen LogP contribution in [0, 0.1) is 0 Å². The van der Waals surface area contributed by atoms with Gasteiger partial charge in [0.15, 0.2) is 0 Å². The van der Waals surface area contributed by atoms with Gasteiger partial charge in [0.1, 0.15) is 0 Å². The highest BCUT2D eigenvalue weighted by Gasteiger charge is 2.22. The number of rotatable bonds is 3. The average molecular weight is 207 g/mol. The molecule has 0 aromatic rings. The van der Waals surface area contributed by atoms with Gasteiger partial charge in [-0.15, -0.1) is 0 Å². The van der Waals surface area contributed by atoms with Crippen molar-refractivity contribution in [1.29, 1.82) is 0 Å². The second kappa shape index (κ2) is 3.77. The second-order valence-electron chi connectivity index (χ2n) is 5.12. The lowest BCUT2D eigenvalue weighted by Gasteiger charge is -2.18. The van der Waals surface area contributed by atoms with Gasteiger partial charge in [-0.2, -0.15) is 0 Å². The molecule has 1 aliphatic carbocycles. The summed E-state index contributed by atoms with van der Waals surface area (Å²) in [7, 11) is 2.98. The quantitative estimate of drug-likeness (QED) is 0.642. The molecular formula is C12H21NSi. The molecule has 1 nitrogen and oxygen atoms in total. The Bertz CT molecular complexity index is 303. The van der Waals surface area contributed by atoms with Gasteiger partial charge >= 0.3 is 0 Å². The second-order valence-corrected chi connectivity index (χ2v) is 10.2. The van der Waals surface area contributed by atoms with Crippen LogP contribution in [0.1, 0.15) is 6.42 Å². The van der Waals surface area contributed by atoms with Crippen LogP contribution in [-0.4, -0.2) is 27.1 Å². The number of hydrogen-bond acceptors (Lipinski definition) is 1. The van der Waals surface area contributed by atoms with Gasteiger partial charge in [0, 0.05) is 19.8 Å². The highest BCUT2D eigenvalue weighted by Crippen LogP contribution is 2.29. The van der Waals surface area contributed by atoms with Crippen molar-refractivity contribution in [2.75, 3.05) is 14.1 Å². The van der Waals surface area contributed by atoms with E-state index in [-0.39, 0.29) is 0 Å². The number of nitrogens with zero attached hydrogens (tertiary/aromatic N) is 1. The zero-order valence-corrected chi connectivity index (χ0v) is 11.0. The Hall–Kier alpha value is -0.763. The van der Waals surface area contributed by atoms with E-state index >= 15 is 0 Å². The van der Waals surface area contributed by atoms with Gasteiger partial charge < -0.3 is 4.90 Å². The lowest BCUT2D eigenvalue weighted by atomic mass is 10.2. The van der Waals surface area contributed by atoms with Gasteiger partial charge in [-0.3, -0.25) is 0 Å². The van der Waals surface area contributed by atoms with Gasteiger partial charge in [0.05, 0.1) is 8.07 Å². The van der Waals surface area contributed by atoms with Crippen LogP contribution in [0.15, 0.2) is 35.2 Å². The largest absolute Gasteiger partial charge is 0.378 e. The van der Waals surface area contributed by atoms with E-state index < -0.39 is 8.07 Å². The molecule has 0 aliphatic heterocycles. The molecule has 0 fully saturated rings. The first-order chi connectivity index (χ1) is 6.32. The third kappa shape index (κ3) is 2.38. The summed E-state index contributed by atoms with van der Waals surface area (Å²) in [4.78, 5) is 2.09. The zero-order valence-electron chi connectivity index (χ0n) is 10.0. The van der Waals surface area contributed by atoms with Crippen molar-refractivity contribution in [2.24, 2.45) is 0 Å². The van der Waals surface area contributed by atoms with Crippen molar-refractivity contribution in [3.63, 3.8) is 0 Å². The first kappa shape index (κ1) is 11.3. The van der Waals surface area contributed by atoms with E-state index in [9.17, 15) is 0 Å². The fourth-order valence-electron chi connectivity index (χ4n) is 1.54. The SMILES string of the molecule is C=C(C1=CC([Si](C)(C)C)=CC1)N(C)C. The van der Waals surface area contributed by atoms with Gasteiger partial charge in [0.25, 0.3) is 0 Å². The molecule has 0 radical (unpaired) electrons. The van der Waals surface area contributed by atoms with Crippen LogP contribution in [-0.2, 0) is 0 Å². The molecule has 0 atom stereocenters. The van der Waals surface area contributed by atoms with E-state index in [1.807, 2.05) is 0 Å². The summed E-state index contributed by atoms with van der Waals surface area (Å²) in [6, 6.07) is 0. The van der Waals surface area contributed by atoms with Gasteiger partial charge in [0.2, 0.25) is 0 Å². The first-order valence-corrected chi connectivity index (χ1v) is 8.60. The molecule has 0 saturated carbocycles. The molecule has 0 heterocycles. The van der Waals surface area contributed by atoms with E-state index in [2.05, 4.69) is 57.4 Å². The summed E-state index contributed by atoms with van der Waals surface area (Å²) >= 11 is 0. The minimum absolute atomic E-state index is 1.07. The first-order valence-electron chi connectivity index (χ1n) is 5.10. The molecule has 0 aromatic heterocycles. The third-order valence-corrected chi connectivity index (χ3v) is 4.73. The molecule has 0 unspecified atom stereocenters. The van der Waals surface area contributed by atoms with Gasteiger partial charge in [-0.05, 0) is 12.0 Å². The molecule has 14 heavy (non-hydrogen) atoms. The summed E-state index contributed by atoms with van der Waals surface area (Å²) < 4.78 is 0. The fourth-order valence-corrected chi connectivity index (χ4v) is 2.86.